The molecule has 0 aromatic heterocycles. The molecule has 2 N–H and O–H groups in total. The van der Waals surface area contributed by atoms with Crippen LogP contribution in [0, 0.1) is 0 Å². The highest BCUT2D eigenvalue weighted by Gasteiger charge is 2.25. The Hall–Kier alpha value is -1.57. The van der Waals surface area contributed by atoms with E-state index in [0.29, 0.717) is 0 Å². The lowest BCUT2D eigenvalue weighted by atomic mass is 10.1. The van der Waals surface area contributed by atoms with Gasteiger partial charge in [0.05, 0.1) is 13.2 Å². The summed E-state index contributed by atoms with van der Waals surface area (Å²) in [6.07, 6.45) is -2.45. The minimum absolute atomic E-state index is 0.0266. The first kappa shape index (κ1) is 13.5. The maximum atomic E-state index is 12.2. The number of halogens is 2. The molecule has 0 spiro atoms. The molecule has 0 radical (unpaired) electrons. The van der Waals surface area contributed by atoms with Crippen molar-refractivity contribution in [2.45, 2.75) is 19.3 Å². The van der Waals surface area contributed by atoms with Crippen molar-refractivity contribution < 1.29 is 23.5 Å². The summed E-state index contributed by atoms with van der Waals surface area (Å²) in [5.41, 5.74) is 2.14. The topological polar surface area (TPSA) is 82.0 Å². The number of nitrogens with one attached hydrogen (secondary N) is 1. The lowest BCUT2D eigenvalue weighted by molar-refractivity contribution is -0.127. The number of amides is 2. The molecular weight excluding hydrogens is 236 g/mol. The number of aliphatic hydroxyl groups is 1. The molecule has 1 heterocycles. The van der Waals surface area contributed by atoms with Crippen LogP contribution in [0.3, 0.4) is 0 Å². The normalized spacial score (nSPS) is 15.5. The van der Waals surface area contributed by atoms with Crippen molar-refractivity contribution in [1.82, 2.24) is 10.3 Å². The standard InChI is InChI=1S/C9H13F2N3O3/c10-7(11)5-14(3-4-15)9(17)6-1-2-8(16)13-12-6/h7,15H,1-5H2,(H,13,16). The Labute approximate surface area is 96.3 Å². The van der Waals surface area contributed by atoms with Crippen molar-refractivity contribution in [3.63, 3.8) is 0 Å². The zero-order chi connectivity index (χ0) is 12.8. The molecule has 0 aromatic carbocycles. The maximum Gasteiger partial charge on any atom is 0.270 e. The first-order chi connectivity index (χ1) is 8.04. The second kappa shape index (κ2) is 6.24. The number of hydrogen-bond acceptors (Lipinski definition) is 4. The van der Waals surface area contributed by atoms with Crippen LogP contribution in [0.2, 0.25) is 0 Å². The predicted octanol–water partition coefficient (Wildman–Crippen LogP) is -0.662. The Morgan fingerprint density at radius 1 is 1.53 bits per heavy atom. The van der Waals surface area contributed by atoms with Gasteiger partial charge in [0.1, 0.15) is 5.71 Å². The molecule has 0 aliphatic carbocycles. The van der Waals surface area contributed by atoms with Gasteiger partial charge in [-0.2, -0.15) is 5.10 Å². The van der Waals surface area contributed by atoms with Crippen LogP contribution in [0.5, 0.6) is 0 Å². The van der Waals surface area contributed by atoms with Gasteiger partial charge >= 0.3 is 0 Å². The molecule has 1 rings (SSSR count). The van der Waals surface area contributed by atoms with E-state index in [-0.39, 0.29) is 31.0 Å². The van der Waals surface area contributed by atoms with Gasteiger partial charge in [-0.3, -0.25) is 9.59 Å². The van der Waals surface area contributed by atoms with E-state index >= 15 is 0 Å². The van der Waals surface area contributed by atoms with Crippen LogP contribution in [-0.2, 0) is 9.59 Å². The summed E-state index contributed by atoms with van der Waals surface area (Å²) in [6.45, 7) is -1.35. The van der Waals surface area contributed by atoms with E-state index in [0.717, 1.165) is 4.90 Å². The third kappa shape index (κ3) is 4.06. The fourth-order valence-electron chi connectivity index (χ4n) is 1.37. The number of rotatable bonds is 5. The number of carbonyl (C=O) groups excluding carboxylic acids is 2. The molecule has 1 aliphatic heterocycles. The summed E-state index contributed by atoms with van der Waals surface area (Å²) in [7, 11) is 0. The Kier molecular flexibility index (Phi) is 4.95. The molecule has 1 aliphatic rings. The largest absolute Gasteiger partial charge is 0.395 e. The third-order valence-electron chi connectivity index (χ3n) is 2.17. The highest BCUT2D eigenvalue weighted by molar-refractivity contribution is 6.39. The molecule has 96 valence electrons. The Balaban J connectivity index is 2.67. The Morgan fingerprint density at radius 2 is 2.24 bits per heavy atom. The summed E-state index contributed by atoms with van der Waals surface area (Å²) in [5, 5.41) is 12.2. The van der Waals surface area contributed by atoms with Crippen molar-refractivity contribution in [2.75, 3.05) is 19.7 Å². The molecule has 0 aromatic rings. The molecule has 2 amide bonds. The van der Waals surface area contributed by atoms with E-state index in [9.17, 15) is 18.4 Å². The fourth-order valence-corrected chi connectivity index (χ4v) is 1.37. The SMILES string of the molecule is O=C1CCC(C(=O)N(CCO)CC(F)F)=NN1. The second-order valence-electron chi connectivity index (χ2n) is 3.46. The van der Waals surface area contributed by atoms with Crippen molar-refractivity contribution in [3.05, 3.63) is 0 Å². The van der Waals surface area contributed by atoms with E-state index < -0.39 is 25.5 Å². The van der Waals surface area contributed by atoms with Crippen molar-refractivity contribution in [2.24, 2.45) is 5.10 Å². The maximum absolute atomic E-state index is 12.2. The van der Waals surface area contributed by atoms with E-state index in [2.05, 4.69) is 10.5 Å². The molecule has 0 unspecified atom stereocenters. The first-order valence-electron chi connectivity index (χ1n) is 5.08. The number of aliphatic hydroxyl groups excluding tert-OH is 1. The van der Waals surface area contributed by atoms with Crippen LogP contribution in [0.4, 0.5) is 8.78 Å². The van der Waals surface area contributed by atoms with Gasteiger partial charge in [0, 0.05) is 19.4 Å². The molecular formula is C9H13F2N3O3. The van der Waals surface area contributed by atoms with E-state index in [4.69, 9.17) is 5.11 Å². The average Bonchev–Trinajstić information content (AvgIpc) is 2.28. The van der Waals surface area contributed by atoms with Crippen molar-refractivity contribution >= 4 is 17.5 Å². The highest BCUT2D eigenvalue weighted by atomic mass is 19.3. The molecule has 0 bridgehead atoms. The first-order valence-corrected chi connectivity index (χ1v) is 5.08. The highest BCUT2D eigenvalue weighted by Crippen LogP contribution is 2.06. The van der Waals surface area contributed by atoms with Gasteiger partial charge < -0.3 is 10.0 Å². The third-order valence-corrected chi connectivity index (χ3v) is 2.17. The van der Waals surface area contributed by atoms with Gasteiger partial charge in [-0.15, -0.1) is 0 Å². The van der Waals surface area contributed by atoms with Crippen LogP contribution in [-0.4, -0.2) is 53.7 Å². The number of nitrogens with zero attached hydrogens (tertiary/aromatic N) is 2. The van der Waals surface area contributed by atoms with Gasteiger partial charge in [0.25, 0.3) is 12.3 Å². The number of alkyl halides is 2. The smallest absolute Gasteiger partial charge is 0.270 e. The average molecular weight is 249 g/mol. The summed E-state index contributed by atoms with van der Waals surface area (Å²) >= 11 is 0. The van der Waals surface area contributed by atoms with E-state index in [1.807, 2.05) is 0 Å². The molecule has 8 heteroatoms. The number of hydrogen-bond donors (Lipinski definition) is 2. The Bertz CT molecular complexity index is 333. The van der Waals surface area contributed by atoms with Gasteiger partial charge in [0.15, 0.2) is 0 Å². The molecule has 0 atom stereocenters. The van der Waals surface area contributed by atoms with Gasteiger partial charge in [-0.1, -0.05) is 0 Å². The van der Waals surface area contributed by atoms with Gasteiger partial charge in [0.2, 0.25) is 5.91 Å². The lowest BCUT2D eigenvalue weighted by Gasteiger charge is -2.23. The van der Waals surface area contributed by atoms with Crippen LogP contribution in [0.15, 0.2) is 5.10 Å². The number of hydrazone groups is 1. The van der Waals surface area contributed by atoms with Gasteiger partial charge in [-0.05, 0) is 0 Å². The zero-order valence-electron chi connectivity index (χ0n) is 9.03. The summed E-state index contributed by atoms with van der Waals surface area (Å²) in [5.74, 6) is -0.997. The van der Waals surface area contributed by atoms with Crippen LogP contribution in [0.25, 0.3) is 0 Å². The Morgan fingerprint density at radius 3 is 2.71 bits per heavy atom. The minimum Gasteiger partial charge on any atom is -0.395 e. The molecule has 0 fully saturated rings. The summed E-state index contributed by atoms with van der Waals surface area (Å²) in [6, 6.07) is 0. The zero-order valence-corrected chi connectivity index (χ0v) is 9.03. The van der Waals surface area contributed by atoms with Crippen molar-refractivity contribution in [1.29, 1.82) is 0 Å². The van der Waals surface area contributed by atoms with Crippen molar-refractivity contribution in [3.8, 4) is 0 Å². The molecule has 0 saturated heterocycles. The van der Waals surface area contributed by atoms with Crippen LogP contribution < -0.4 is 5.43 Å². The second-order valence-corrected chi connectivity index (χ2v) is 3.46. The van der Waals surface area contributed by atoms with Crippen LogP contribution >= 0.6 is 0 Å². The number of carbonyl (C=O) groups is 2. The molecule has 17 heavy (non-hydrogen) atoms. The summed E-state index contributed by atoms with van der Waals surface area (Å²) < 4.78 is 24.4. The van der Waals surface area contributed by atoms with Crippen LogP contribution in [0.1, 0.15) is 12.8 Å². The monoisotopic (exact) mass is 249 g/mol. The fraction of sp³-hybridized carbons (Fsp3) is 0.667. The summed E-state index contributed by atoms with van der Waals surface area (Å²) in [4.78, 5) is 23.4. The predicted molar refractivity (Wildman–Crippen MR) is 54.5 cm³/mol. The van der Waals surface area contributed by atoms with E-state index in [1.54, 1.807) is 0 Å². The molecule has 0 saturated carbocycles. The van der Waals surface area contributed by atoms with Gasteiger partial charge in [-0.25, -0.2) is 14.2 Å². The lowest BCUT2D eigenvalue weighted by Crippen LogP contribution is -2.43. The minimum atomic E-state index is -2.68. The molecule has 6 nitrogen and oxygen atoms in total. The quantitative estimate of drug-likeness (QED) is 0.678. The van der Waals surface area contributed by atoms with E-state index in [1.165, 1.54) is 0 Å².